The van der Waals surface area contributed by atoms with Gasteiger partial charge in [0, 0.05) is 30.3 Å². The minimum absolute atomic E-state index is 0.0263. The minimum Gasteiger partial charge on any atom is -0.497 e. The zero-order valence-corrected chi connectivity index (χ0v) is 17.1. The topological polar surface area (TPSA) is 94.3 Å². The van der Waals surface area contributed by atoms with Crippen LogP contribution in [0.2, 0.25) is 0 Å². The van der Waals surface area contributed by atoms with E-state index in [2.05, 4.69) is 0 Å². The first-order valence-corrected chi connectivity index (χ1v) is 9.53. The fraction of sp³-hybridized carbons (Fsp3) is 0.273. The molecule has 3 rings (SSSR count). The summed E-state index contributed by atoms with van der Waals surface area (Å²) in [5.74, 6) is 0.310. The van der Waals surface area contributed by atoms with E-state index in [4.69, 9.17) is 14.6 Å². The summed E-state index contributed by atoms with van der Waals surface area (Å²) in [7, 11) is 1.61. The number of nitrogens with zero attached hydrogens (tertiary/aromatic N) is 3. The van der Waals surface area contributed by atoms with Crippen molar-refractivity contribution < 1.29 is 19.2 Å². The van der Waals surface area contributed by atoms with E-state index in [0.717, 1.165) is 22.6 Å². The molecule has 0 N–H and O–H groups in total. The van der Waals surface area contributed by atoms with Crippen LogP contribution in [0.15, 0.2) is 65.4 Å². The lowest BCUT2D eigenvalue weighted by molar-refractivity contribution is -0.384. The second-order valence-electron chi connectivity index (χ2n) is 6.73. The van der Waals surface area contributed by atoms with E-state index in [1.165, 1.54) is 18.2 Å². The Hall–Kier alpha value is -3.68. The average molecular weight is 409 g/mol. The highest BCUT2D eigenvalue weighted by molar-refractivity contribution is 6.02. The van der Waals surface area contributed by atoms with Crippen molar-refractivity contribution in [2.75, 3.05) is 13.7 Å². The molecule has 0 radical (unpaired) electrons. The van der Waals surface area contributed by atoms with E-state index in [1.807, 2.05) is 24.3 Å². The molecule has 1 aliphatic heterocycles. The number of nitro benzene ring substituents is 1. The highest BCUT2D eigenvalue weighted by Gasteiger charge is 2.30. The Balaban J connectivity index is 1.95. The maximum absolute atomic E-state index is 11.9. The smallest absolute Gasteiger partial charge is 0.332 e. The van der Waals surface area contributed by atoms with E-state index in [0.29, 0.717) is 12.1 Å². The number of hydrogen-bond acceptors (Lipinski definition) is 7. The van der Waals surface area contributed by atoms with Gasteiger partial charge in [-0.3, -0.25) is 15.1 Å². The minimum atomic E-state index is -0.439. The van der Waals surface area contributed by atoms with Gasteiger partial charge in [0.25, 0.3) is 5.69 Å². The molecule has 0 saturated carbocycles. The van der Waals surface area contributed by atoms with E-state index in [1.54, 1.807) is 38.1 Å². The number of hydrogen-bond donors (Lipinski definition) is 0. The number of rotatable bonds is 7. The van der Waals surface area contributed by atoms with Gasteiger partial charge in [-0.1, -0.05) is 12.1 Å². The van der Waals surface area contributed by atoms with Crippen LogP contribution in [-0.4, -0.2) is 35.3 Å². The van der Waals surface area contributed by atoms with Crippen molar-refractivity contribution in [2.45, 2.75) is 26.3 Å². The SMILES string of the molecule is CCOC(=O)C=C(C)N1N=C(c2ccc(OC)cc2)CC1c1ccc([N+](=O)[O-])cc1. The first kappa shape index (κ1) is 21.0. The molecule has 8 nitrogen and oxygen atoms in total. The third-order valence-corrected chi connectivity index (χ3v) is 4.80. The molecule has 8 heteroatoms. The van der Waals surface area contributed by atoms with Gasteiger partial charge in [-0.15, -0.1) is 0 Å². The Bertz CT molecular complexity index is 981. The lowest BCUT2D eigenvalue weighted by atomic mass is 9.98. The number of nitro groups is 1. The quantitative estimate of drug-likeness (QED) is 0.294. The van der Waals surface area contributed by atoms with E-state index >= 15 is 0 Å². The van der Waals surface area contributed by atoms with Crippen molar-refractivity contribution in [3.63, 3.8) is 0 Å². The highest BCUT2D eigenvalue weighted by atomic mass is 16.6. The highest BCUT2D eigenvalue weighted by Crippen LogP contribution is 2.36. The van der Waals surface area contributed by atoms with Crippen LogP contribution in [-0.2, 0) is 9.53 Å². The van der Waals surface area contributed by atoms with Crippen molar-refractivity contribution in [1.82, 2.24) is 5.01 Å². The number of carbonyl (C=O) groups is 1. The normalized spacial score (nSPS) is 16.2. The summed E-state index contributed by atoms with van der Waals surface area (Å²) in [6, 6.07) is 13.8. The van der Waals surface area contributed by atoms with Crippen LogP contribution < -0.4 is 4.74 Å². The Kier molecular flexibility index (Phi) is 6.46. The summed E-state index contributed by atoms with van der Waals surface area (Å²) in [6.07, 6.45) is 1.99. The molecular weight excluding hydrogens is 386 g/mol. The molecular formula is C22H23N3O5. The molecule has 0 aliphatic carbocycles. The molecule has 0 saturated heterocycles. The second kappa shape index (κ2) is 9.21. The number of non-ortho nitro benzene ring substituents is 1. The van der Waals surface area contributed by atoms with Crippen molar-refractivity contribution >= 4 is 17.4 Å². The van der Waals surface area contributed by atoms with Crippen LogP contribution >= 0.6 is 0 Å². The Labute approximate surface area is 174 Å². The Morgan fingerprint density at radius 1 is 1.23 bits per heavy atom. The zero-order chi connectivity index (χ0) is 21.7. The van der Waals surface area contributed by atoms with Crippen molar-refractivity contribution in [2.24, 2.45) is 5.10 Å². The van der Waals surface area contributed by atoms with Gasteiger partial charge >= 0.3 is 5.97 Å². The number of methoxy groups -OCH3 is 1. The monoisotopic (exact) mass is 409 g/mol. The average Bonchev–Trinajstić information content (AvgIpc) is 3.19. The van der Waals surface area contributed by atoms with Crippen molar-refractivity contribution in [3.05, 3.63) is 81.5 Å². The molecule has 156 valence electrons. The lowest BCUT2D eigenvalue weighted by Crippen LogP contribution is -2.19. The van der Waals surface area contributed by atoms with Gasteiger partial charge in [-0.2, -0.15) is 5.10 Å². The second-order valence-corrected chi connectivity index (χ2v) is 6.73. The zero-order valence-electron chi connectivity index (χ0n) is 17.1. The van der Waals surface area contributed by atoms with Gasteiger partial charge in [-0.25, -0.2) is 4.79 Å². The van der Waals surface area contributed by atoms with Crippen LogP contribution in [0.5, 0.6) is 5.75 Å². The van der Waals surface area contributed by atoms with Gasteiger partial charge in [-0.05, 0) is 49.2 Å². The molecule has 0 bridgehead atoms. The number of allylic oxidation sites excluding steroid dienone is 1. The molecule has 0 spiro atoms. The number of carbonyl (C=O) groups excluding carboxylic acids is 1. The van der Waals surface area contributed by atoms with E-state index < -0.39 is 10.9 Å². The summed E-state index contributed by atoms with van der Waals surface area (Å²) in [4.78, 5) is 22.5. The molecule has 1 atom stereocenters. The Morgan fingerprint density at radius 2 is 1.90 bits per heavy atom. The van der Waals surface area contributed by atoms with Gasteiger partial charge in [0.1, 0.15) is 5.75 Å². The summed E-state index contributed by atoms with van der Waals surface area (Å²) in [6.45, 7) is 3.82. The predicted molar refractivity (Wildman–Crippen MR) is 112 cm³/mol. The maximum atomic E-state index is 11.9. The van der Waals surface area contributed by atoms with E-state index in [-0.39, 0.29) is 18.3 Å². The Morgan fingerprint density at radius 3 is 2.47 bits per heavy atom. The fourth-order valence-electron chi connectivity index (χ4n) is 3.29. The molecule has 30 heavy (non-hydrogen) atoms. The number of esters is 1. The first-order valence-electron chi connectivity index (χ1n) is 9.53. The maximum Gasteiger partial charge on any atom is 0.332 e. The van der Waals surface area contributed by atoms with Gasteiger partial charge in [0.15, 0.2) is 0 Å². The van der Waals surface area contributed by atoms with Crippen molar-refractivity contribution in [3.8, 4) is 5.75 Å². The summed E-state index contributed by atoms with van der Waals surface area (Å²) >= 11 is 0. The summed E-state index contributed by atoms with van der Waals surface area (Å²) in [5, 5.41) is 17.5. The van der Waals surface area contributed by atoms with E-state index in [9.17, 15) is 14.9 Å². The number of benzene rings is 2. The molecule has 2 aromatic carbocycles. The lowest BCUT2D eigenvalue weighted by Gasteiger charge is -2.24. The third-order valence-electron chi connectivity index (χ3n) is 4.80. The molecule has 0 fully saturated rings. The molecule has 0 amide bonds. The molecule has 1 unspecified atom stereocenters. The van der Waals surface area contributed by atoms with Gasteiger partial charge in [0.05, 0.1) is 30.4 Å². The van der Waals surface area contributed by atoms with Crippen LogP contribution in [0.25, 0.3) is 0 Å². The van der Waals surface area contributed by atoms with Crippen LogP contribution in [0.4, 0.5) is 5.69 Å². The molecule has 2 aromatic rings. The standard InChI is InChI=1S/C22H23N3O5/c1-4-30-22(26)13-15(2)24-21(17-5-9-18(10-6-17)25(27)28)14-20(23-24)16-7-11-19(29-3)12-8-16/h5-13,21H,4,14H2,1-3H3. The summed E-state index contributed by atoms with van der Waals surface area (Å²) < 4.78 is 10.2. The molecule has 1 aliphatic rings. The third kappa shape index (κ3) is 4.65. The van der Waals surface area contributed by atoms with Crippen LogP contribution in [0.3, 0.4) is 0 Å². The fourth-order valence-corrected chi connectivity index (χ4v) is 3.29. The number of ether oxygens (including phenoxy) is 2. The predicted octanol–water partition coefficient (Wildman–Crippen LogP) is 4.22. The largest absolute Gasteiger partial charge is 0.497 e. The van der Waals surface area contributed by atoms with Crippen LogP contribution in [0.1, 0.15) is 37.4 Å². The number of hydrazone groups is 1. The van der Waals surface area contributed by atoms with Crippen molar-refractivity contribution in [1.29, 1.82) is 0 Å². The van der Waals surface area contributed by atoms with Gasteiger partial charge < -0.3 is 9.47 Å². The molecule has 0 aromatic heterocycles. The first-order chi connectivity index (χ1) is 14.4. The van der Waals surface area contributed by atoms with Crippen LogP contribution in [0, 0.1) is 10.1 Å². The van der Waals surface area contributed by atoms with Gasteiger partial charge in [0.2, 0.25) is 0 Å². The molecule has 1 heterocycles. The summed E-state index contributed by atoms with van der Waals surface area (Å²) in [5.41, 5.74) is 3.30.